The van der Waals surface area contributed by atoms with Crippen LogP contribution in [0.3, 0.4) is 0 Å². The fourth-order valence-electron chi connectivity index (χ4n) is 11.2. The molecular formula is C36H43NO4. The van der Waals surface area contributed by atoms with Gasteiger partial charge in [0, 0.05) is 41.5 Å². The standard InChI is InChI=1S/C36H43NO4/c1-32-13-9-26(38)20-34(32)16-17-36(27(21-34)31(39)28-8-5-19-41-28)29(32)10-14-33(2)30(36)11-15-35(33,40)23-37-18-12-24-6-3-4-7-25(24)22-37/h3-8,16-17,19,21,26,29-30,38,40H,9-15,18,20,22-23H2,1-2H3. The zero-order valence-electron chi connectivity index (χ0n) is 24.4. The Labute approximate surface area is 243 Å². The molecule has 2 heterocycles. The van der Waals surface area contributed by atoms with Crippen molar-refractivity contribution in [3.63, 3.8) is 0 Å². The monoisotopic (exact) mass is 553 g/mol. The number of carbonyl (C=O) groups is 1. The van der Waals surface area contributed by atoms with E-state index in [4.69, 9.17) is 4.42 Å². The number of hydrogen-bond acceptors (Lipinski definition) is 5. The lowest BCUT2D eigenvalue weighted by molar-refractivity contribution is -0.176. The zero-order chi connectivity index (χ0) is 28.3. The van der Waals surface area contributed by atoms with E-state index in [9.17, 15) is 15.0 Å². The van der Waals surface area contributed by atoms with Gasteiger partial charge in [-0.1, -0.05) is 56.3 Å². The molecule has 8 unspecified atom stereocenters. The van der Waals surface area contributed by atoms with Crippen molar-refractivity contribution >= 4 is 5.78 Å². The van der Waals surface area contributed by atoms with Gasteiger partial charge in [-0.3, -0.25) is 9.69 Å². The zero-order valence-corrected chi connectivity index (χ0v) is 24.4. The first-order valence-corrected chi connectivity index (χ1v) is 15.9. The smallest absolute Gasteiger partial charge is 0.224 e. The van der Waals surface area contributed by atoms with Gasteiger partial charge in [0.05, 0.1) is 18.0 Å². The van der Waals surface area contributed by atoms with Crippen LogP contribution < -0.4 is 0 Å². The van der Waals surface area contributed by atoms with E-state index in [0.717, 1.165) is 63.6 Å². The van der Waals surface area contributed by atoms with Crippen molar-refractivity contribution in [1.29, 1.82) is 0 Å². The van der Waals surface area contributed by atoms with Crippen LogP contribution in [-0.4, -0.2) is 45.7 Å². The first kappa shape index (κ1) is 26.2. The van der Waals surface area contributed by atoms with Crippen molar-refractivity contribution in [2.45, 2.75) is 83.5 Å². The topological polar surface area (TPSA) is 73.9 Å². The number of allylic oxidation sites excluding steroid dienone is 4. The molecule has 216 valence electrons. The Bertz CT molecular complexity index is 1460. The van der Waals surface area contributed by atoms with E-state index in [1.54, 1.807) is 18.4 Å². The van der Waals surface area contributed by atoms with Gasteiger partial charge in [0.15, 0.2) is 5.76 Å². The third-order valence-corrected chi connectivity index (χ3v) is 13.4. The number of fused-ring (bicyclic) bond motifs is 2. The second-order valence-corrected chi connectivity index (χ2v) is 14.8. The lowest BCUT2D eigenvalue weighted by atomic mass is 9.32. The Morgan fingerprint density at radius 2 is 1.73 bits per heavy atom. The second kappa shape index (κ2) is 8.55. The highest BCUT2D eigenvalue weighted by Gasteiger charge is 2.74. The van der Waals surface area contributed by atoms with Crippen molar-refractivity contribution in [3.8, 4) is 0 Å². The Morgan fingerprint density at radius 3 is 2.54 bits per heavy atom. The van der Waals surface area contributed by atoms with Gasteiger partial charge in [-0.2, -0.15) is 0 Å². The number of aliphatic hydroxyl groups excluding tert-OH is 1. The summed E-state index contributed by atoms with van der Waals surface area (Å²) in [7, 11) is 0. The van der Waals surface area contributed by atoms with Crippen molar-refractivity contribution in [2.24, 2.45) is 33.5 Å². The molecule has 2 aromatic rings. The minimum absolute atomic E-state index is 0.0156. The summed E-state index contributed by atoms with van der Waals surface area (Å²) < 4.78 is 5.70. The van der Waals surface area contributed by atoms with Crippen LogP contribution in [0.1, 0.15) is 80.5 Å². The molecule has 2 bridgehead atoms. The van der Waals surface area contributed by atoms with Crippen molar-refractivity contribution in [2.75, 3.05) is 13.1 Å². The molecule has 0 radical (unpaired) electrons. The van der Waals surface area contributed by atoms with E-state index in [1.807, 2.05) is 0 Å². The second-order valence-electron chi connectivity index (χ2n) is 14.8. The first-order valence-electron chi connectivity index (χ1n) is 15.9. The third kappa shape index (κ3) is 3.26. The van der Waals surface area contributed by atoms with Crippen LogP contribution in [0.15, 0.2) is 70.9 Å². The molecule has 0 saturated heterocycles. The predicted octanol–water partition coefficient (Wildman–Crippen LogP) is 6.11. The lowest BCUT2D eigenvalue weighted by Crippen LogP contribution is -2.67. The maximum Gasteiger partial charge on any atom is 0.224 e. The largest absolute Gasteiger partial charge is 0.461 e. The molecule has 6 aliphatic carbocycles. The summed E-state index contributed by atoms with van der Waals surface area (Å²) in [6.45, 7) is 7.30. The summed E-state index contributed by atoms with van der Waals surface area (Å²) in [5.74, 6) is 0.846. The van der Waals surface area contributed by atoms with Gasteiger partial charge in [-0.05, 0) is 91.9 Å². The molecule has 1 aliphatic heterocycles. The molecule has 41 heavy (non-hydrogen) atoms. The number of benzene rings is 1. The fourth-order valence-corrected chi connectivity index (χ4v) is 11.2. The number of carbonyl (C=O) groups excluding carboxylic acids is 1. The number of nitrogens with zero attached hydrogens (tertiary/aromatic N) is 1. The summed E-state index contributed by atoms with van der Waals surface area (Å²) in [4.78, 5) is 16.8. The van der Waals surface area contributed by atoms with E-state index >= 15 is 0 Å². The van der Waals surface area contributed by atoms with Crippen LogP contribution in [0.25, 0.3) is 0 Å². The quantitative estimate of drug-likeness (QED) is 0.353. The van der Waals surface area contributed by atoms with Crippen LogP contribution in [0.2, 0.25) is 0 Å². The molecule has 2 N–H and O–H groups in total. The SMILES string of the molecule is CC12CCC(O)CC13C=CC1(C(C(=O)c4ccco4)=C3)C2CCC2(C)C1CCC2(O)CN1CCc2ccccc2C1. The van der Waals surface area contributed by atoms with Gasteiger partial charge in [0.2, 0.25) is 5.78 Å². The van der Waals surface area contributed by atoms with E-state index in [1.165, 1.54) is 11.1 Å². The van der Waals surface area contributed by atoms with Gasteiger partial charge in [0.1, 0.15) is 0 Å². The summed E-state index contributed by atoms with van der Waals surface area (Å²) in [5.41, 5.74) is 1.77. The number of β-amino-alcohol motifs (C(OH)–C–C–N with tert-alkyl or cyclic N) is 1. The molecule has 5 nitrogen and oxygen atoms in total. The normalized spacial score (nSPS) is 44.5. The van der Waals surface area contributed by atoms with Crippen LogP contribution in [0, 0.1) is 33.5 Å². The maximum absolute atomic E-state index is 14.3. The molecule has 9 rings (SSSR count). The van der Waals surface area contributed by atoms with Crippen LogP contribution in [0.4, 0.5) is 0 Å². The van der Waals surface area contributed by atoms with Crippen molar-refractivity contribution in [3.05, 3.63) is 83.3 Å². The number of rotatable bonds is 4. The van der Waals surface area contributed by atoms with Gasteiger partial charge in [-0.25, -0.2) is 0 Å². The Hall–Kier alpha value is -2.47. The molecule has 3 fully saturated rings. The minimum Gasteiger partial charge on any atom is -0.461 e. The van der Waals surface area contributed by atoms with E-state index < -0.39 is 11.0 Å². The van der Waals surface area contributed by atoms with Crippen molar-refractivity contribution < 1.29 is 19.4 Å². The van der Waals surface area contributed by atoms with E-state index in [0.29, 0.717) is 24.6 Å². The predicted molar refractivity (Wildman–Crippen MR) is 157 cm³/mol. The lowest BCUT2D eigenvalue weighted by Gasteiger charge is -2.71. The average molecular weight is 554 g/mol. The Balaban J connectivity index is 1.21. The number of ketones is 1. The molecule has 7 aliphatic rings. The molecule has 8 atom stereocenters. The molecule has 1 aromatic heterocycles. The highest BCUT2D eigenvalue weighted by Crippen LogP contribution is 2.78. The van der Waals surface area contributed by atoms with Gasteiger partial charge < -0.3 is 14.6 Å². The summed E-state index contributed by atoms with van der Waals surface area (Å²) in [6, 6.07) is 12.3. The fraction of sp³-hybridized carbons (Fsp3) is 0.583. The molecule has 0 amide bonds. The number of Topliss-reactive ketones (excluding diaryl/α,β-unsaturated/α-hetero) is 1. The minimum atomic E-state index is -0.813. The van der Waals surface area contributed by atoms with Gasteiger partial charge >= 0.3 is 0 Å². The average Bonchev–Trinajstić information content (AvgIpc) is 3.59. The Morgan fingerprint density at radius 1 is 0.976 bits per heavy atom. The Kier molecular flexibility index (Phi) is 5.46. The third-order valence-electron chi connectivity index (χ3n) is 13.4. The van der Waals surface area contributed by atoms with Gasteiger partial charge in [-0.15, -0.1) is 0 Å². The maximum atomic E-state index is 14.3. The first-order chi connectivity index (χ1) is 19.6. The van der Waals surface area contributed by atoms with Crippen LogP contribution >= 0.6 is 0 Å². The summed E-state index contributed by atoms with van der Waals surface area (Å²) >= 11 is 0. The molecule has 5 heteroatoms. The highest BCUT2D eigenvalue weighted by atomic mass is 16.3. The van der Waals surface area contributed by atoms with E-state index in [2.05, 4.69) is 61.2 Å². The van der Waals surface area contributed by atoms with Crippen LogP contribution in [-0.2, 0) is 13.0 Å². The number of hydrogen-bond donors (Lipinski definition) is 2. The van der Waals surface area contributed by atoms with Crippen LogP contribution in [0.5, 0.6) is 0 Å². The van der Waals surface area contributed by atoms with Crippen molar-refractivity contribution in [1.82, 2.24) is 4.90 Å². The highest BCUT2D eigenvalue weighted by molar-refractivity contribution is 6.08. The number of furan rings is 1. The molecular weight excluding hydrogens is 510 g/mol. The van der Waals surface area contributed by atoms with Gasteiger partial charge in [0.25, 0.3) is 0 Å². The molecule has 2 spiro atoms. The molecule has 1 aromatic carbocycles. The number of aliphatic hydroxyl groups is 2. The van der Waals surface area contributed by atoms with E-state index in [-0.39, 0.29) is 34.1 Å². The summed E-state index contributed by atoms with van der Waals surface area (Å²) in [5, 5.41) is 23.5. The summed E-state index contributed by atoms with van der Waals surface area (Å²) in [6.07, 6.45) is 15.4. The molecule has 3 saturated carbocycles.